The molecule has 1 aromatic heterocycles. The molecule has 0 aliphatic carbocycles. The molecule has 3 rings (SSSR count). The van der Waals surface area contributed by atoms with Crippen molar-refractivity contribution in [3.8, 4) is 11.5 Å². The molecule has 0 amide bonds. The first-order valence-electron chi connectivity index (χ1n) is 5.70. The second kappa shape index (κ2) is 5.05. The molecule has 7 heteroatoms. The topological polar surface area (TPSA) is 62.3 Å². The van der Waals surface area contributed by atoms with Gasteiger partial charge < -0.3 is 15.2 Å². The Hall–Kier alpha value is -1.21. The number of hydrogen-bond acceptors (Lipinski definition) is 4. The van der Waals surface area contributed by atoms with Gasteiger partial charge in [-0.05, 0) is 49.6 Å². The number of nitrogens with two attached hydrogens (primary N) is 1. The molecule has 1 aliphatic rings. The van der Waals surface area contributed by atoms with Crippen LogP contribution in [0.4, 0.5) is 5.82 Å². The number of fused-ring (bicyclic) bond motifs is 1. The van der Waals surface area contributed by atoms with Crippen LogP contribution < -0.4 is 15.2 Å². The van der Waals surface area contributed by atoms with E-state index in [1.807, 2.05) is 12.1 Å². The van der Waals surface area contributed by atoms with Gasteiger partial charge in [0.05, 0.1) is 21.7 Å². The van der Waals surface area contributed by atoms with E-state index in [9.17, 15) is 0 Å². The number of hydrogen-bond donors (Lipinski definition) is 1. The predicted molar refractivity (Wildman–Crippen MR) is 78.6 cm³/mol. The summed E-state index contributed by atoms with van der Waals surface area (Å²) in [6, 6.07) is 3.94. The normalized spacial score (nSPS) is 13.6. The lowest BCUT2D eigenvalue weighted by Crippen LogP contribution is -2.16. The molecule has 100 valence electrons. The summed E-state index contributed by atoms with van der Waals surface area (Å²) in [6.45, 7) is 1.72. The van der Waals surface area contributed by atoms with Crippen LogP contribution in [0.25, 0.3) is 0 Å². The van der Waals surface area contributed by atoms with Crippen LogP contribution in [0.1, 0.15) is 5.56 Å². The average molecular weight is 389 g/mol. The van der Waals surface area contributed by atoms with E-state index in [1.54, 1.807) is 10.9 Å². The SMILES string of the molecule is Nc1c(Br)cnn1Cc1cc(Br)c2c(c1)OCCO2. The standard InChI is InChI=1S/C12H11Br2N3O2/c13-8-3-7(4-10-11(8)19-2-1-18-10)6-17-12(15)9(14)5-16-17/h3-5H,1-2,6,15H2. The summed E-state index contributed by atoms with van der Waals surface area (Å²) in [6.07, 6.45) is 1.68. The second-order valence-corrected chi connectivity index (χ2v) is 5.85. The highest BCUT2D eigenvalue weighted by atomic mass is 79.9. The first kappa shape index (κ1) is 12.8. The number of benzene rings is 1. The Morgan fingerprint density at radius 3 is 2.74 bits per heavy atom. The van der Waals surface area contributed by atoms with Crippen molar-refractivity contribution >= 4 is 37.7 Å². The van der Waals surface area contributed by atoms with Crippen molar-refractivity contribution in [2.24, 2.45) is 0 Å². The third kappa shape index (κ3) is 2.44. The maximum atomic E-state index is 5.91. The minimum Gasteiger partial charge on any atom is -0.486 e. The van der Waals surface area contributed by atoms with Crippen molar-refractivity contribution < 1.29 is 9.47 Å². The first-order chi connectivity index (χ1) is 9.15. The van der Waals surface area contributed by atoms with E-state index in [2.05, 4.69) is 37.0 Å². The molecule has 1 aromatic carbocycles. The Morgan fingerprint density at radius 2 is 2.00 bits per heavy atom. The van der Waals surface area contributed by atoms with Crippen LogP contribution in [0.3, 0.4) is 0 Å². The van der Waals surface area contributed by atoms with Crippen LogP contribution in [0.15, 0.2) is 27.3 Å². The Balaban J connectivity index is 1.93. The lowest BCUT2D eigenvalue weighted by molar-refractivity contribution is 0.170. The van der Waals surface area contributed by atoms with Gasteiger partial charge in [0, 0.05) is 0 Å². The van der Waals surface area contributed by atoms with Crippen LogP contribution in [0, 0.1) is 0 Å². The monoisotopic (exact) mass is 387 g/mol. The van der Waals surface area contributed by atoms with Crippen molar-refractivity contribution in [2.75, 3.05) is 18.9 Å². The molecule has 2 aromatic rings. The molecule has 2 heterocycles. The quantitative estimate of drug-likeness (QED) is 0.859. The fraction of sp³-hybridized carbons (Fsp3) is 0.250. The zero-order chi connectivity index (χ0) is 13.4. The summed E-state index contributed by atoms with van der Waals surface area (Å²) in [5, 5.41) is 4.21. The lowest BCUT2D eigenvalue weighted by atomic mass is 10.2. The molecular formula is C12H11Br2N3O2. The van der Waals surface area contributed by atoms with E-state index in [0.29, 0.717) is 25.6 Å². The Morgan fingerprint density at radius 1 is 1.21 bits per heavy atom. The lowest BCUT2D eigenvalue weighted by Gasteiger charge is -2.20. The highest BCUT2D eigenvalue weighted by Gasteiger charge is 2.17. The van der Waals surface area contributed by atoms with Gasteiger partial charge in [0.25, 0.3) is 0 Å². The molecule has 1 aliphatic heterocycles. The Labute approximate surface area is 126 Å². The molecule has 0 saturated carbocycles. The number of halogens is 2. The predicted octanol–water partition coefficient (Wildman–Crippen LogP) is 2.81. The van der Waals surface area contributed by atoms with Crippen LogP contribution in [0.2, 0.25) is 0 Å². The molecule has 0 fully saturated rings. The van der Waals surface area contributed by atoms with Crippen LogP contribution in [0.5, 0.6) is 11.5 Å². The number of nitrogen functional groups attached to an aromatic ring is 1. The number of rotatable bonds is 2. The number of nitrogens with zero attached hydrogens (tertiary/aromatic N) is 2. The van der Waals surface area contributed by atoms with Gasteiger partial charge >= 0.3 is 0 Å². The second-order valence-electron chi connectivity index (χ2n) is 4.14. The maximum absolute atomic E-state index is 5.91. The maximum Gasteiger partial charge on any atom is 0.175 e. The van der Waals surface area contributed by atoms with E-state index in [4.69, 9.17) is 15.2 Å². The van der Waals surface area contributed by atoms with E-state index in [0.717, 1.165) is 26.0 Å². The van der Waals surface area contributed by atoms with Crippen LogP contribution in [-0.2, 0) is 6.54 Å². The molecule has 19 heavy (non-hydrogen) atoms. The molecule has 0 spiro atoms. The Kier molecular flexibility index (Phi) is 3.40. The molecule has 0 bridgehead atoms. The van der Waals surface area contributed by atoms with Gasteiger partial charge in [-0.3, -0.25) is 0 Å². The van der Waals surface area contributed by atoms with Gasteiger partial charge in [-0.2, -0.15) is 5.10 Å². The van der Waals surface area contributed by atoms with Crippen molar-refractivity contribution in [1.29, 1.82) is 0 Å². The number of aromatic nitrogens is 2. The fourth-order valence-corrected chi connectivity index (χ4v) is 2.83. The largest absolute Gasteiger partial charge is 0.486 e. The highest BCUT2D eigenvalue weighted by Crippen LogP contribution is 2.38. The third-order valence-electron chi connectivity index (χ3n) is 2.82. The van der Waals surface area contributed by atoms with Gasteiger partial charge in [0.15, 0.2) is 11.5 Å². The molecular weight excluding hydrogens is 378 g/mol. The van der Waals surface area contributed by atoms with Crippen molar-refractivity contribution in [2.45, 2.75) is 6.54 Å². The van der Waals surface area contributed by atoms with Gasteiger partial charge in [0.2, 0.25) is 0 Å². The third-order valence-corrected chi connectivity index (χ3v) is 4.02. The van der Waals surface area contributed by atoms with Crippen molar-refractivity contribution in [3.05, 3.63) is 32.8 Å². The minimum absolute atomic E-state index is 0.568. The highest BCUT2D eigenvalue weighted by molar-refractivity contribution is 9.11. The molecule has 0 radical (unpaired) electrons. The number of anilines is 1. The average Bonchev–Trinajstić information content (AvgIpc) is 2.71. The van der Waals surface area contributed by atoms with Crippen molar-refractivity contribution in [1.82, 2.24) is 9.78 Å². The summed E-state index contributed by atoms with van der Waals surface area (Å²) < 4.78 is 14.6. The van der Waals surface area contributed by atoms with Crippen LogP contribution >= 0.6 is 31.9 Å². The van der Waals surface area contributed by atoms with Gasteiger partial charge in [-0.15, -0.1) is 0 Å². The summed E-state index contributed by atoms with van der Waals surface area (Å²) in [7, 11) is 0. The first-order valence-corrected chi connectivity index (χ1v) is 7.28. The minimum atomic E-state index is 0.568. The number of ether oxygens (including phenoxy) is 2. The molecule has 0 saturated heterocycles. The summed E-state index contributed by atoms with van der Waals surface area (Å²) in [5.41, 5.74) is 6.95. The fourth-order valence-electron chi connectivity index (χ4n) is 1.93. The van der Waals surface area contributed by atoms with Crippen molar-refractivity contribution in [3.63, 3.8) is 0 Å². The van der Waals surface area contributed by atoms with E-state index in [-0.39, 0.29) is 0 Å². The molecule has 5 nitrogen and oxygen atoms in total. The smallest absolute Gasteiger partial charge is 0.175 e. The van der Waals surface area contributed by atoms with E-state index in [1.165, 1.54) is 0 Å². The zero-order valence-corrected chi connectivity index (χ0v) is 13.1. The van der Waals surface area contributed by atoms with Gasteiger partial charge in [-0.1, -0.05) is 0 Å². The van der Waals surface area contributed by atoms with E-state index < -0.39 is 0 Å². The van der Waals surface area contributed by atoms with E-state index >= 15 is 0 Å². The molecule has 0 atom stereocenters. The summed E-state index contributed by atoms with van der Waals surface area (Å²) in [5.74, 6) is 2.11. The zero-order valence-electron chi connectivity index (χ0n) is 9.90. The molecule has 0 unspecified atom stereocenters. The van der Waals surface area contributed by atoms with Gasteiger partial charge in [0.1, 0.15) is 19.0 Å². The Bertz CT molecular complexity index is 628. The summed E-state index contributed by atoms with van der Waals surface area (Å²) in [4.78, 5) is 0. The summed E-state index contributed by atoms with van der Waals surface area (Å²) >= 11 is 6.84. The molecule has 2 N–H and O–H groups in total. The van der Waals surface area contributed by atoms with Gasteiger partial charge in [-0.25, -0.2) is 4.68 Å². The van der Waals surface area contributed by atoms with Crippen LogP contribution in [-0.4, -0.2) is 23.0 Å².